The van der Waals surface area contributed by atoms with Crippen molar-refractivity contribution in [2.75, 3.05) is 0 Å². The molecule has 0 spiro atoms. The molecular weight excluding hydrogens is 230 g/mol. The van der Waals surface area contributed by atoms with Crippen molar-refractivity contribution in [3.8, 4) is 0 Å². The van der Waals surface area contributed by atoms with E-state index in [1.54, 1.807) is 0 Å². The van der Waals surface area contributed by atoms with E-state index in [2.05, 4.69) is 13.8 Å². The van der Waals surface area contributed by atoms with E-state index in [9.17, 15) is 14.7 Å². The van der Waals surface area contributed by atoms with Gasteiger partial charge >= 0.3 is 5.97 Å². The molecule has 0 aromatic heterocycles. The highest BCUT2D eigenvalue weighted by atomic mass is 16.4. The fraction of sp³-hybridized carbons (Fsp3) is 0.857. The molecule has 4 rings (SSSR count). The SMILES string of the molecule is CC12CC3(C)CC(C(N)=O)(C1)CC(C(=O)O)(C2)C3. The lowest BCUT2D eigenvalue weighted by atomic mass is 9.36. The minimum absolute atomic E-state index is 0.0308. The van der Waals surface area contributed by atoms with Gasteiger partial charge in [0.05, 0.1) is 10.8 Å². The van der Waals surface area contributed by atoms with Crippen LogP contribution in [0.2, 0.25) is 0 Å². The number of primary amides is 1. The van der Waals surface area contributed by atoms with E-state index in [0.29, 0.717) is 19.3 Å². The van der Waals surface area contributed by atoms with Gasteiger partial charge in [0.25, 0.3) is 0 Å². The number of rotatable bonds is 2. The van der Waals surface area contributed by atoms with Gasteiger partial charge in [0, 0.05) is 0 Å². The number of carbonyl (C=O) groups excluding carboxylic acids is 1. The van der Waals surface area contributed by atoms with Gasteiger partial charge in [-0.3, -0.25) is 9.59 Å². The van der Waals surface area contributed by atoms with Gasteiger partial charge in [0.15, 0.2) is 0 Å². The number of amides is 1. The number of hydrogen-bond acceptors (Lipinski definition) is 2. The highest BCUT2D eigenvalue weighted by Gasteiger charge is 2.69. The number of carboxylic acids is 1. The molecule has 4 fully saturated rings. The predicted octanol–water partition coefficient (Wildman–Crippen LogP) is 1.92. The van der Waals surface area contributed by atoms with Crippen LogP contribution in [-0.2, 0) is 9.59 Å². The molecule has 3 N–H and O–H groups in total. The Balaban J connectivity index is 2.15. The Bertz CT molecular complexity index is 402. The van der Waals surface area contributed by atoms with Crippen LogP contribution in [0.25, 0.3) is 0 Å². The maximum atomic E-state index is 11.9. The zero-order valence-electron chi connectivity index (χ0n) is 11.1. The van der Waals surface area contributed by atoms with Gasteiger partial charge in [0.2, 0.25) is 5.91 Å². The third kappa shape index (κ3) is 1.32. The third-order valence-electron chi connectivity index (χ3n) is 5.57. The Morgan fingerprint density at radius 3 is 1.72 bits per heavy atom. The first-order valence-electron chi connectivity index (χ1n) is 6.66. The lowest BCUT2D eigenvalue weighted by Crippen LogP contribution is -2.64. The predicted molar refractivity (Wildman–Crippen MR) is 65.6 cm³/mol. The van der Waals surface area contributed by atoms with Gasteiger partial charge in [-0.15, -0.1) is 0 Å². The van der Waals surface area contributed by atoms with E-state index >= 15 is 0 Å². The average molecular weight is 251 g/mol. The zero-order valence-corrected chi connectivity index (χ0v) is 11.1. The van der Waals surface area contributed by atoms with Crippen molar-refractivity contribution in [3.05, 3.63) is 0 Å². The summed E-state index contributed by atoms with van der Waals surface area (Å²) in [5.41, 5.74) is 4.29. The largest absolute Gasteiger partial charge is 0.481 e. The number of carboxylic acid groups (broad SMARTS) is 1. The molecule has 100 valence electrons. The Morgan fingerprint density at radius 1 is 0.889 bits per heavy atom. The van der Waals surface area contributed by atoms with Crippen molar-refractivity contribution in [2.45, 2.75) is 52.4 Å². The van der Waals surface area contributed by atoms with Crippen LogP contribution in [0.5, 0.6) is 0 Å². The summed E-state index contributed by atoms with van der Waals surface area (Å²) in [7, 11) is 0. The van der Waals surface area contributed by atoms with Gasteiger partial charge in [0.1, 0.15) is 0 Å². The Hall–Kier alpha value is -1.06. The molecule has 4 aliphatic rings. The maximum absolute atomic E-state index is 11.9. The third-order valence-corrected chi connectivity index (χ3v) is 5.57. The Labute approximate surface area is 107 Å². The molecule has 0 saturated heterocycles. The zero-order chi connectivity index (χ0) is 13.4. The summed E-state index contributed by atoms with van der Waals surface area (Å²) < 4.78 is 0. The fourth-order valence-electron chi connectivity index (χ4n) is 6.18. The molecule has 2 atom stereocenters. The van der Waals surface area contributed by atoms with Gasteiger partial charge in [-0.1, -0.05) is 13.8 Å². The van der Waals surface area contributed by atoms with Crippen molar-refractivity contribution in [2.24, 2.45) is 27.4 Å². The van der Waals surface area contributed by atoms with Crippen LogP contribution in [0, 0.1) is 21.7 Å². The number of carbonyl (C=O) groups is 2. The first kappa shape index (κ1) is 12.0. The summed E-state index contributed by atoms with van der Waals surface area (Å²) >= 11 is 0. The topological polar surface area (TPSA) is 80.4 Å². The Kier molecular flexibility index (Phi) is 1.94. The number of hydrogen-bond donors (Lipinski definition) is 2. The van der Waals surface area contributed by atoms with Crippen molar-refractivity contribution in [3.63, 3.8) is 0 Å². The molecule has 18 heavy (non-hydrogen) atoms. The van der Waals surface area contributed by atoms with Crippen LogP contribution < -0.4 is 5.73 Å². The fourth-order valence-corrected chi connectivity index (χ4v) is 6.18. The molecule has 0 radical (unpaired) electrons. The van der Waals surface area contributed by atoms with E-state index in [4.69, 9.17) is 5.73 Å². The van der Waals surface area contributed by atoms with Crippen molar-refractivity contribution in [1.82, 2.24) is 0 Å². The van der Waals surface area contributed by atoms with Crippen molar-refractivity contribution >= 4 is 11.9 Å². The summed E-state index contributed by atoms with van der Waals surface area (Å²) in [5.74, 6) is -1.02. The molecule has 4 heteroatoms. The molecular formula is C14H21NO3. The molecule has 4 bridgehead atoms. The molecule has 4 saturated carbocycles. The monoisotopic (exact) mass is 251 g/mol. The molecule has 0 aromatic carbocycles. The smallest absolute Gasteiger partial charge is 0.309 e. The van der Waals surface area contributed by atoms with Crippen LogP contribution in [0.1, 0.15) is 52.4 Å². The summed E-state index contributed by atoms with van der Waals surface area (Å²) in [6, 6.07) is 0. The molecule has 2 unspecified atom stereocenters. The quantitative estimate of drug-likeness (QED) is 0.786. The molecule has 0 heterocycles. The minimum atomic E-state index is -0.732. The summed E-state index contributed by atoms with van der Waals surface area (Å²) in [4.78, 5) is 23.7. The van der Waals surface area contributed by atoms with E-state index < -0.39 is 16.8 Å². The minimum Gasteiger partial charge on any atom is -0.481 e. The summed E-state index contributed by atoms with van der Waals surface area (Å²) in [5, 5.41) is 9.65. The first-order valence-corrected chi connectivity index (χ1v) is 6.66. The van der Waals surface area contributed by atoms with Gasteiger partial charge in [-0.05, 0) is 49.4 Å². The second-order valence-corrected chi connectivity index (χ2v) is 7.91. The number of nitrogens with two attached hydrogens (primary N) is 1. The normalized spacial score (nSPS) is 53.4. The van der Waals surface area contributed by atoms with Gasteiger partial charge < -0.3 is 10.8 Å². The second kappa shape index (κ2) is 2.91. The maximum Gasteiger partial charge on any atom is 0.309 e. The van der Waals surface area contributed by atoms with E-state index in [1.807, 2.05) is 0 Å². The molecule has 4 nitrogen and oxygen atoms in total. The van der Waals surface area contributed by atoms with Gasteiger partial charge in [-0.2, -0.15) is 0 Å². The molecule has 0 aromatic rings. The standard InChI is InChI=1S/C14H21NO3/c1-11-3-12(2)5-13(4-11,9(15)16)8-14(6-11,7-12)10(17)18/h3-8H2,1-2H3,(H2,15,16)(H,17,18). The van der Waals surface area contributed by atoms with Gasteiger partial charge in [-0.25, -0.2) is 0 Å². The average Bonchev–Trinajstić information content (AvgIpc) is 2.10. The first-order chi connectivity index (χ1) is 8.13. The van der Waals surface area contributed by atoms with Crippen molar-refractivity contribution in [1.29, 1.82) is 0 Å². The Morgan fingerprint density at radius 2 is 1.33 bits per heavy atom. The molecule has 4 aliphatic carbocycles. The van der Waals surface area contributed by atoms with Crippen LogP contribution in [-0.4, -0.2) is 17.0 Å². The summed E-state index contributed by atoms with van der Waals surface area (Å²) in [6.07, 6.45) is 4.46. The van der Waals surface area contributed by atoms with E-state index in [1.165, 1.54) is 0 Å². The van der Waals surface area contributed by atoms with Crippen molar-refractivity contribution < 1.29 is 14.7 Å². The highest BCUT2D eigenvalue weighted by molar-refractivity contribution is 5.84. The van der Waals surface area contributed by atoms with Crippen LogP contribution >= 0.6 is 0 Å². The van der Waals surface area contributed by atoms with E-state index in [0.717, 1.165) is 19.3 Å². The lowest BCUT2D eigenvalue weighted by Gasteiger charge is -2.67. The van der Waals surface area contributed by atoms with E-state index in [-0.39, 0.29) is 16.7 Å². The van der Waals surface area contributed by atoms with Crippen LogP contribution in [0.3, 0.4) is 0 Å². The summed E-state index contributed by atoms with van der Waals surface area (Å²) in [6.45, 7) is 4.27. The lowest BCUT2D eigenvalue weighted by molar-refractivity contribution is -0.207. The number of aliphatic carboxylic acids is 1. The van der Waals surface area contributed by atoms with Crippen LogP contribution in [0.15, 0.2) is 0 Å². The van der Waals surface area contributed by atoms with Crippen LogP contribution in [0.4, 0.5) is 0 Å². The highest BCUT2D eigenvalue weighted by Crippen LogP contribution is 2.73. The second-order valence-electron chi connectivity index (χ2n) is 7.91. The molecule has 1 amide bonds. The molecule has 0 aliphatic heterocycles.